The van der Waals surface area contributed by atoms with Gasteiger partial charge in [-0.1, -0.05) is 77.8 Å². The highest BCUT2D eigenvalue weighted by atomic mass is 35.5. The van der Waals surface area contributed by atoms with Crippen molar-refractivity contribution in [3.05, 3.63) is 93.5 Å². The zero-order valence-corrected chi connectivity index (χ0v) is 17.7. The third kappa shape index (κ3) is 3.81. The smallest absolute Gasteiger partial charge is 0.131 e. The minimum absolute atomic E-state index is 0.514. The van der Waals surface area contributed by atoms with Gasteiger partial charge in [-0.25, -0.2) is 0 Å². The monoisotopic (exact) mass is 427 g/mol. The highest BCUT2D eigenvalue weighted by molar-refractivity contribution is 6.42. The molecule has 2 atom stereocenters. The molecule has 1 fully saturated rings. The number of aliphatic hydroxyl groups is 1. The molecule has 0 bridgehead atoms. The lowest BCUT2D eigenvalue weighted by molar-refractivity contribution is -0.0416. The molecule has 1 heterocycles. The minimum Gasteiger partial charge on any atom is -0.389 e. The van der Waals surface area contributed by atoms with Gasteiger partial charge in [-0.05, 0) is 46.9 Å². The Morgan fingerprint density at radius 1 is 0.966 bits per heavy atom. The van der Waals surface area contributed by atoms with E-state index in [9.17, 15) is 5.11 Å². The van der Waals surface area contributed by atoms with Gasteiger partial charge in [0.2, 0.25) is 0 Å². The van der Waals surface area contributed by atoms with Crippen LogP contribution in [-0.2, 0) is 10.3 Å². The van der Waals surface area contributed by atoms with Gasteiger partial charge in [0.15, 0.2) is 0 Å². The number of aliphatic hydroxyl groups excluding tert-OH is 1. The van der Waals surface area contributed by atoms with Crippen LogP contribution in [0.5, 0.6) is 0 Å². The molecule has 1 aliphatic rings. The van der Waals surface area contributed by atoms with Crippen LogP contribution >= 0.6 is 23.2 Å². The van der Waals surface area contributed by atoms with Crippen LogP contribution in [0.15, 0.2) is 66.7 Å². The van der Waals surface area contributed by atoms with Gasteiger partial charge in [-0.2, -0.15) is 0 Å². The maximum absolute atomic E-state index is 10.4. The molecule has 150 valence electrons. The Hall–Kier alpha value is -1.88. The number of benzene rings is 3. The normalized spacial score (nSPS) is 20.4. The van der Waals surface area contributed by atoms with E-state index >= 15 is 0 Å². The van der Waals surface area contributed by atoms with Crippen molar-refractivity contribution in [3.63, 3.8) is 0 Å². The fourth-order valence-corrected chi connectivity index (χ4v) is 4.38. The number of hydrogen-bond donors (Lipinski definition) is 2. The van der Waals surface area contributed by atoms with Gasteiger partial charge in [0, 0.05) is 13.1 Å². The molecule has 3 aromatic rings. The molecule has 29 heavy (non-hydrogen) atoms. The van der Waals surface area contributed by atoms with E-state index in [2.05, 4.69) is 17.4 Å². The van der Waals surface area contributed by atoms with E-state index in [1.807, 2.05) is 54.6 Å². The summed E-state index contributed by atoms with van der Waals surface area (Å²) in [6.07, 6.45) is -0.606. The third-order valence-electron chi connectivity index (χ3n) is 5.44. The average molecular weight is 428 g/mol. The molecule has 1 aliphatic heterocycles. The predicted molar refractivity (Wildman–Crippen MR) is 119 cm³/mol. The molecule has 3 aromatic carbocycles. The van der Waals surface area contributed by atoms with Crippen molar-refractivity contribution < 1.29 is 9.84 Å². The lowest BCUT2D eigenvalue weighted by Crippen LogP contribution is -2.49. The molecule has 0 radical (unpaired) electrons. The van der Waals surface area contributed by atoms with Gasteiger partial charge in [-0.3, -0.25) is 0 Å². The maximum atomic E-state index is 10.4. The number of morpholine rings is 1. The van der Waals surface area contributed by atoms with Crippen molar-refractivity contribution in [2.45, 2.75) is 18.6 Å². The first kappa shape index (κ1) is 20.4. The van der Waals surface area contributed by atoms with Gasteiger partial charge < -0.3 is 15.2 Å². The minimum atomic E-state index is -0.728. The fourth-order valence-electron chi connectivity index (χ4n) is 4.08. The summed E-state index contributed by atoms with van der Waals surface area (Å²) in [4.78, 5) is 0. The molecule has 0 amide bonds. The van der Waals surface area contributed by atoms with Gasteiger partial charge >= 0.3 is 0 Å². The molecular weight excluding hydrogens is 405 g/mol. The van der Waals surface area contributed by atoms with Crippen molar-refractivity contribution >= 4 is 23.2 Å². The van der Waals surface area contributed by atoms with Gasteiger partial charge in [0.25, 0.3) is 0 Å². The summed E-state index contributed by atoms with van der Waals surface area (Å²) in [5.41, 5.74) is 4.12. The topological polar surface area (TPSA) is 41.5 Å². The summed E-state index contributed by atoms with van der Waals surface area (Å²) in [6.45, 7) is 3.75. The van der Waals surface area contributed by atoms with E-state index in [-0.39, 0.29) is 0 Å². The summed E-state index contributed by atoms with van der Waals surface area (Å²) in [5, 5.41) is 15.0. The quantitative estimate of drug-likeness (QED) is 0.570. The van der Waals surface area contributed by atoms with Crippen LogP contribution < -0.4 is 5.32 Å². The number of nitrogens with one attached hydrogen (secondary N) is 1. The zero-order chi connectivity index (χ0) is 20.4. The molecule has 0 aliphatic carbocycles. The van der Waals surface area contributed by atoms with Gasteiger partial charge in [0.05, 0.1) is 22.8 Å². The summed E-state index contributed by atoms with van der Waals surface area (Å²) in [7, 11) is 0. The molecule has 2 N–H and O–H groups in total. The van der Waals surface area contributed by atoms with E-state index in [1.165, 1.54) is 0 Å². The first-order chi connectivity index (χ1) is 14.0. The molecule has 2 unspecified atom stereocenters. The summed E-state index contributed by atoms with van der Waals surface area (Å²) >= 11 is 12.5. The molecular formula is C24H23Cl2NO2. The molecule has 3 nitrogen and oxygen atoms in total. The lowest BCUT2D eigenvalue weighted by Gasteiger charge is -2.41. The van der Waals surface area contributed by atoms with Crippen LogP contribution in [0.25, 0.3) is 11.1 Å². The van der Waals surface area contributed by atoms with Crippen LogP contribution in [0.2, 0.25) is 10.0 Å². The van der Waals surface area contributed by atoms with Crippen molar-refractivity contribution in [2.24, 2.45) is 0 Å². The Morgan fingerprint density at radius 2 is 1.69 bits per heavy atom. The van der Waals surface area contributed by atoms with E-state index in [0.717, 1.165) is 34.4 Å². The van der Waals surface area contributed by atoms with Crippen LogP contribution in [0, 0.1) is 0 Å². The van der Waals surface area contributed by atoms with Gasteiger partial charge in [0.1, 0.15) is 5.60 Å². The Morgan fingerprint density at radius 3 is 2.38 bits per heavy atom. The summed E-state index contributed by atoms with van der Waals surface area (Å²) in [5.74, 6) is 0. The number of hydrogen-bond acceptors (Lipinski definition) is 3. The van der Waals surface area contributed by atoms with Crippen LogP contribution in [0.4, 0.5) is 0 Å². The van der Waals surface area contributed by atoms with Gasteiger partial charge in [-0.15, -0.1) is 0 Å². The SMILES string of the molecule is CC(O)c1ccccc1C1(c2ccccc2-c2ccc(Cl)c(Cl)c2)CNCCO1. The van der Waals surface area contributed by atoms with Crippen molar-refractivity contribution in [2.75, 3.05) is 19.7 Å². The summed E-state index contributed by atoms with van der Waals surface area (Å²) in [6, 6.07) is 21.8. The highest BCUT2D eigenvalue weighted by Gasteiger charge is 2.41. The van der Waals surface area contributed by atoms with E-state index < -0.39 is 11.7 Å². The first-order valence-corrected chi connectivity index (χ1v) is 10.5. The number of ether oxygens (including phenoxy) is 1. The molecule has 4 rings (SSSR count). The molecule has 1 saturated heterocycles. The third-order valence-corrected chi connectivity index (χ3v) is 6.18. The number of halogens is 2. The predicted octanol–water partition coefficient (Wildman–Crippen LogP) is 5.58. The fraction of sp³-hybridized carbons (Fsp3) is 0.250. The lowest BCUT2D eigenvalue weighted by atomic mass is 9.78. The van der Waals surface area contributed by atoms with Crippen molar-refractivity contribution in [1.82, 2.24) is 5.32 Å². The zero-order valence-electron chi connectivity index (χ0n) is 16.2. The standard InChI is InChI=1S/C24H23Cl2NO2/c1-16(28)18-6-2-4-8-20(18)24(15-27-12-13-29-24)21-9-5-3-7-19(21)17-10-11-22(25)23(26)14-17/h2-11,14,16,27-28H,12-13,15H2,1H3. The van der Waals surface area contributed by atoms with Crippen LogP contribution in [0.3, 0.4) is 0 Å². The van der Waals surface area contributed by atoms with Crippen LogP contribution in [0.1, 0.15) is 29.7 Å². The van der Waals surface area contributed by atoms with E-state index in [0.29, 0.717) is 23.2 Å². The molecule has 5 heteroatoms. The number of rotatable bonds is 4. The van der Waals surface area contributed by atoms with E-state index in [4.69, 9.17) is 27.9 Å². The Kier molecular flexibility index (Phi) is 5.95. The Labute approximate surface area is 181 Å². The Bertz CT molecular complexity index is 1010. The second-order valence-electron chi connectivity index (χ2n) is 7.29. The van der Waals surface area contributed by atoms with Crippen molar-refractivity contribution in [3.8, 4) is 11.1 Å². The molecule has 0 aromatic heterocycles. The second kappa shape index (κ2) is 8.47. The molecule has 0 spiro atoms. The molecule has 0 saturated carbocycles. The van der Waals surface area contributed by atoms with Crippen LogP contribution in [-0.4, -0.2) is 24.8 Å². The van der Waals surface area contributed by atoms with Crippen molar-refractivity contribution in [1.29, 1.82) is 0 Å². The summed E-state index contributed by atoms with van der Waals surface area (Å²) < 4.78 is 6.51. The van der Waals surface area contributed by atoms with E-state index in [1.54, 1.807) is 6.92 Å². The second-order valence-corrected chi connectivity index (χ2v) is 8.10. The Balaban J connectivity index is 1.96. The largest absolute Gasteiger partial charge is 0.389 e. The average Bonchev–Trinajstić information content (AvgIpc) is 2.76. The highest BCUT2D eigenvalue weighted by Crippen LogP contribution is 2.43. The maximum Gasteiger partial charge on any atom is 0.131 e. The first-order valence-electron chi connectivity index (χ1n) is 9.70.